The Bertz CT molecular complexity index is 614. The molecule has 124 valence electrons. The van der Waals surface area contributed by atoms with Crippen LogP contribution in [0, 0.1) is 0 Å². The predicted molar refractivity (Wildman–Crippen MR) is 85.5 cm³/mol. The molecule has 6 heteroatoms. The molecule has 6 nitrogen and oxygen atoms in total. The van der Waals surface area contributed by atoms with Crippen LogP contribution in [-0.4, -0.2) is 55.2 Å². The summed E-state index contributed by atoms with van der Waals surface area (Å²) >= 11 is 0. The van der Waals surface area contributed by atoms with E-state index in [1.165, 1.54) is 0 Å². The van der Waals surface area contributed by atoms with Crippen molar-refractivity contribution >= 4 is 17.5 Å². The van der Waals surface area contributed by atoms with Gasteiger partial charge in [-0.3, -0.25) is 9.59 Å². The Balaban J connectivity index is 1.68. The van der Waals surface area contributed by atoms with Crippen molar-refractivity contribution in [2.75, 3.05) is 37.8 Å². The van der Waals surface area contributed by atoms with Gasteiger partial charge in [-0.05, 0) is 26.0 Å². The summed E-state index contributed by atoms with van der Waals surface area (Å²) in [5.74, 6) is 0.624. The van der Waals surface area contributed by atoms with Crippen LogP contribution in [0.4, 0.5) is 5.69 Å². The average Bonchev–Trinajstić information content (AvgIpc) is 2.53. The quantitative estimate of drug-likeness (QED) is 0.846. The molecule has 0 saturated carbocycles. The molecule has 1 fully saturated rings. The molecule has 2 amide bonds. The van der Waals surface area contributed by atoms with Gasteiger partial charge in [0.1, 0.15) is 5.75 Å². The molecule has 3 rings (SSSR count). The molecule has 0 aliphatic carbocycles. The lowest BCUT2D eigenvalue weighted by atomic mass is 10.0. The maximum Gasteiger partial charge on any atom is 0.265 e. The van der Waals surface area contributed by atoms with Crippen LogP contribution in [0.3, 0.4) is 0 Å². The van der Waals surface area contributed by atoms with Crippen molar-refractivity contribution in [2.24, 2.45) is 0 Å². The number of carbonyl (C=O) groups is 2. The van der Waals surface area contributed by atoms with Gasteiger partial charge < -0.3 is 19.3 Å². The second kappa shape index (κ2) is 6.20. The lowest BCUT2D eigenvalue weighted by Gasteiger charge is -2.42. The minimum atomic E-state index is -0.303. The van der Waals surface area contributed by atoms with Crippen LogP contribution in [0.15, 0.2) is 24.3 Å². The van der Waals surface area contributed by atoms with Gasteiger partial charge >= 0.3 is 0 Å². The molecule has 2 heterocycles. The van der Waals surface area contributed by atoms with Gasteiger partial charge in [0.2, 0.25) is 5.91 Å². The van der Waals surface area contributed by atoms with E-state index in [4.69, 9.17) is 9.47 Å². The van der Waals surface area contributed by atoms with Gasteiger partial charge in [-0.2, -0.15) is 0 Å². The third-order valence-corrected chi connectivity index (χ3v) is 4.30. The predicted octanol–water partition coefficient (Wildman–Crippen LogP) is 1.44. The van der Waals surface area contributed by atoms with Crippen LogP contribution in [0.2, 0.25) is 0 Å². The van der Waals surface area contributed by atoms with Crippen molar-refractivity contribution in [1.82, 2.24) is 4.90 Å². The summed E-state index contributed by atoms with van der Waals surface area (Å²) in [6.07, 6.45) is 0.295. The summed E-state index contributed by atoms with van der Waals surface area (Å²) in [7, 11) is 0. The van der Waals surface area contributed by atoms with Gasteiger partial charge in [-0.15, -0.1) is 0 Å². The summed E-state index contributed by atoms with van der Waals surface area (Å²) in [5, 5.41) is 0. The Kier molecular flexibility index (Phi) is 4.26. The first-order valence-corrected chi connectivity index (χ1v) is 7.89. The molecule has 0 aromatic heterocycles. The molecule has 0 unspecified atom stereocenters. The summed E-state index contributed by atoms with van der Waals surface area (Å²) in [4.78, 5) is 28.2. The van der Waals surface area contributed by atoms with Crippen LogP contribution in [0.1, 0.15) is 20.3 Å². The van der Waals surface area contributed by atoms with Gasteiger partial charge in [0.15, 0.2) is 6.61 Å². The Labute approximate surface area is 136 Å². The Morgan fingerprint density at radius 3 is 2.87 bits per heavy atom. The molecule has 2 aliphatic rings. The third kappa shape index (κ3) is 3.17. The first kappa shape index (κ1) is 15.8. The van der Waals surface area contributed by atoms with Gasteiger partial charge in [0.25, 0.3) is 5.91 Å². The van der Waals surface area contributed by atoms with Crippen molar-refractivity contribution in [3.8, 4) is 5.75 Å². The largest absolute Gasteiger partial charge is 0.482 e. The van der Waals surface area contributed by atoms with Crippen molar-refractivity contribution in [3.05, 3.63) is 24.3 Å². The summed E-state index contributed by atoms with van der Waals surface area (Å²) < 4.78 is 10.9. The Hall–Kier alpha value is -2.08. The number of hydrogen-bond donors (Lipinski definition) is 0. The smallest absolute Gasteiger partial charge is 0.265 e. The number of carbonyl (C=O) groups excluding carboxylic acids is 2. The van der Waals surface area contributed by atoms with Gasteiger partial charge in [0, 0.05) is 19.5 Å². The van der Waals surface area contributed by atoms with Crippen LogP contribution in [-0.2, 0) is 14.3 Å². The maximum atomic E-state index is 12.6. The molecule has 2 aliphatic heterocycles. The number of nitrogens with zero attached hydrogens (tertiary/aromatic N) is 2. The maximum absolute atomic E-state index is 12.6. The number of benzene rings is 1. The van der Waals surface area contributed by atoms with Crippen molar-refractivity contribution in [3.63, 3.8) is 0 Å². The molecule has 0 bridgehead atoms. The van der Waals surface area contributed by atoms with E-state index in [9.17, 15) is 9.59 Å². The van der Waals surface area contributed by atoms with E-state index >= 15 is 0 Å². The molecule has 23 heavy (non-hydrogen) atoms. The summed E-state index contributed by atoms with van der Waals surface area (Å²) in [6, 6.07) is 7.41. The number of ether oxygens (including phenoxy) is 2. The number of morpholine rings is 1. The fourth-order valence-electron chi connectivity index (χ4n) is 3.06. The topological polar surface area (TPSA) is 59.1 Å². The molecule has 0 N–H and O–H groups in total. The number of rotatable bonds is 3. The molecule has 1 aromatic carbocycles. The molecule has 0 spiro atoms. The Morgan fingerprint density at radius 2 is 2.09 bits per heavy atom. The fraction of sp³-hybridized carbons (Fsp3) is 0.529. The lowest BCUT2D eigenvalue weighted by Crippen LogP contribution is -2.56. The third-order valence-electron chi connectivity index (χ3n) is 4.30. The minimum Gasteiger partial charge on any atom is -0.482 e. The van der Waals surface area contributed by atoms with Crippen molar-refractivity contribution in [2.45, 2.75) is 25.8 Å². The average molecular weight is 318 g/mol. The molecule has 0 atom stereocenters. The second-order valence-electron chi connectivity index (χ2n) is 6.46. The number of para-hydroxylation sites is 2. The minimum absolute atomic E-state index is 0.0221. The van der Waals surface area contributed by atoms with Crippen molar-refractivity contribution < 1.29 is 19.1 Å². The Morgan fingerprint density at radius 1 is 1.30 bits per heavy atom. The SMILES string of the molecule is CC1(C)COCCN1C(=O)CCN1C(=O)COc2ccccc21. The molecular weight excluding hydrogens is 296 g/mol. The first-order valence-electron chi connectivity index (χ1n) is 7.89. The highest BCUT2D eigenvalue weighted by Crippen LogP contribution is 2.31. The highest BCUT2D eigenvalue weighted by Gasteiger charge is 2.34. The zero-order chi connectivity index (χ0) is 16.4. The van der Waals surface area contributed by atoms with E-state index < -0.39 is 0 Å². The molecule has 0 radical (unpaired) electrons. The zero-order valence-electron chi connectivity index (χ0n) is 13.6. The van der Waals surface area contributed by atoms with Crippen LogP contribution >= 0.6 is 0 Å². The molecule has 1 saturated heterocycles. The lowest BCUT2D eigenvalue weighted by molar-refractivity contribution is -0.146. The number of anilines is 1. The highest BCUT2D eigenvalue weighted by atomic mass is 16.5. The normalized spacial score (nSPS) is 20.0. The second-order valence-corrected chi connectivity index (χ2v) is 6.46. The first-order chi connectivity index (χ1) is 11.0. The summed E-state index contributed by atoms with van der Waals surface area (Å²) in [6.45, 7) is 6.09. The van der Waals surface area contributed by atoms with Gasteiger partial charge in [-0.1, -0.05) is 12.1 Å². The monoisotopic (exact) mass is 318 g/mol. The van der Waals surface area contributed by atoms with E-state index in [0.29, 0.717) is 38.5 Å². The van der Waals surface area contributed by atoms with Gasteiger partial charge in [-0.25, -0.2) is 0 Å². The number of hydrogen-bond acceptors (Lipinski definition) is 4. The fourth-order valence-corrected chi connectivity index (χ4v) is 3.06. The highest BCUT2D eigenvalue weighted by molar-refractivity contribution is 5.98. The van der Waals surface area contributed by atoms with Gasteiger partial charge in [0.05, 0.1) is 24.4 Å². The van der Waals surface area contributed by atoms with E-state index in [-0.39, 0.29) is 24.0 Å². The molecule has 1 aromatic rings. The number of fused-ring (bicyclic) bond motifs is 1. The van der Waals surface area contributed by atoms with Crippen molar-refractivity contribution in [1.29, 1.82) is 0 Å². The van der Waals surface area contributed by atoms with E-state index in [0.717, 1.165) is 5.69 Å². The van der Waals surface area contributed by atoms with Crippen LogP contribution in [0.25, 0.3) is 0 Å². The molecular formula is C17H22N2O4. The van der Waals surface area contributed by atoms with E-state index in [1.807, 2.05) is 43.0 Å². The van der Waals surface area contributed by atoms with Crippen LogP contribution < -0.4 is 9.64 Å². The van der Waals surface area contributed by atoms with E-state index in [1.54, 1.807) is 4.90 Å². The van der Waals surface area contributed by atoms with Crippen LogP contribution in [0.5, 0.6) is 5.75 Å². The standard InChI is InChI=1S/C17H22N2O4/c1-17(2)12-22-10-9-19(17)15(20)7-8-18-13-5-3-4-6-14(13)23-11-16(18)21/h3-6H,7-12H2,1-2H3. The number of amides is 2. The van der Waals surface area contributed by atoms with E-state index in [2.05, 4.69) is 0 Å². The summed E-state index contributed by atoms with van der Waals surface area (Å²) in [5.41, 5.74) is 0.431. The zero-order valence-corrected chi connectivity index (χ0v) is 13.6.